The maximum absolute atomic E-state index is 13.8. The Labute approximate surface area is 267 Å². The van der Waals surface area contributed by atoms with Crippen LogP contribution in [0.25, 0.3) is 0 Å². The summed E-state index contributed by atoms with van der Waals surface area (Å²) in [5, 5.41) is 0. The number of anilines is 1. The van der Waals surface area contributed by atoms with Crippen LogP contribution in [0.4, 0.5) is 10.1 Å². The number of allylic oxidation sites excluding steroid dienone is 6. The molecule has 0 aromatic heterocycles. The Morgan fingerprint density at radius 2 is 1.91 bits per heavy atom. The number of ether oxygens (including phenoxy) is 1. The SMILES string of the molecule is CC.COC(CC(=O)N(CC=N/C=C\N(C)C)c1ccc2c(c1)C(NS(=O)(=O)C1=CC=C(F)C=CC1)CCC2)c1ccccc1. The van der Waals surface area contributed by atoms with Crippen LogP contribution in [0.3, 0.4) is 0 Å². The fourth-order valence-electron chi connectivity index (χ4n) is 5.11. The summed E-state index contributed by atoms with van der Waals surface area (Å²) in [6, 6.07) is 14.9. The Kier molecular flexibility index (Phi) is 13.9. The largest absolute Gasteiger partial charge is 0.382 e. The first-order valence-electron chi connectivity index (χ1n) is 15.3. The van der Waals surface area contributed by atoms with Gasteiger partial charge in [0.25, 0.3) is 0 Å². The third kappa shape index (κ3) is 10.3. The first kappa shape index (κ1) is 35.6. The second kappa shape index (κ2) is 17.6. The van der Waals surface area contributed by atoms with Crippen LogP contribution in [-0.4, -0.2) is 53.2 Å². The Morgan fingerprint density at radius 1 is 1.16 bits per heavy atom. The molecule has 1 amide bonds. The molecule has 0 saturated heterocycles. The summed E-state index contributed by atoms with van der Waals surface area (Å²) in [6.07, 6.45) is 12.4. The van der Waals surface area contributed by atoms with Crippen LogP contribution in [0.5, 0.6) is 0 Å². The van der Waals surface area contributed by atoms with Gasteiger partial charge in [0.05, 0.1) is 24.0 Å². The second-order valence-electron chi connectivity index (χ2n) is 10.7. The molecule has 2 aromatic rings. The van der Waals surface area contributed by atoms with Gasteiger partial charge in [-0.05, 0) is 66.3 Å². The third-order valence-electron chi connectivity index (χ3n) is 7.36. The normalized spacial score (nSPS) is 17.1. The van der Waals surface area contributed by atoms with Gasteiger partial charge in [-0.15, -0.1) is 0 Å². The zero-order valence-corrected chi connectivity index (χ0v) is 27.6. The van der Waals surface area contributed by atoms with Crippen molar-refractivity contribution in [2.45, 2.75) is 58.1 Å². The molecule has 0 bridgehead atoms. The minimum atomic E-state index is -3.88. The van der Waals surface area contributed by atoms with E-state index >= 15 is 0 Å². The van der Waals surface area contributed by atoms with Gasteiger partial charge in [-0.1, -0.05) is 56.3 Å². The molecule has 10 heteroatoms. The quantitative estimate of drug-likeness (QED) is 0.256. The molecule has 2 atom stereocenters. The zero-order valence-electron chi connectivity index (χ0n) is 26.8. The molecule has 0 aliphatic heterocycles. The van der Waals surface area contributed by atoms with Gasteiger partial charge in [0.2, 0.25) is 15.9 Å². The fraction of sp³-hybridized carbons (Fsp3) is 0.371. The number of nitrogens with zero attached hydrogens (tertiary/aromatic N) is 3. The van der Waals surface area contributed by atoms with Gasteiger partial charge in [0.1, 0.15) is 5.83 Å². The van der Waals surface area contributed by atoms with E-state index in [4.69, 9.17) is 4.74 Å². The van der Waals surface area contributed by atoms with Crippen molar-refractivity contribution >= 4 is 27.8 Å². The van der Waals surface area contributed by atoms with Gasteiger partial charge >= 0.3 is 0 Å². The van der Waals surface area contributed by atoms with Crippen LogP contribution in [0.15, 0.2) is 101 Å². The molecule has 2 unspecified atom stereocenters. The highest BCUT2D eigenvalue weighted by Crippen LogP contribution is 2.35. The number of hydrogen-bond donors (Lipinski definition) is 1. The first-order valence-corrected chi connectivity index (χ1v) is 16.8. The minimum Gasteiger partial charge on any atom is -0.382 e. The second-order valence-corrected chi connectivity index (χ2v) is 12.4. The molecule has 0 fully saturated rings. The lowest BCUT2D eigenvalue weighted by Gasteiger charge is -2.30. The molecule has 2 aliphatic rings. The molecular formula is C35H45FN4O4S. The monoisotopic (exact) mass is 636 g/mol. The Bertz CT molecular complexity index is 1530. The predicted octanol–water partition coefficient (Wildman–Crippen LogP) is 6.92. The van der Waals surface area contributed by atoms with Gasteiger partial charge < -0.3 is 14.5 Å². The molecule has 0 spiro atoms. The number of carbonyl (C=O) groups excluding carboxylic acids is 1. The predicted molar refractivity (Wildman–Crippen MR) is 181 cm³/mol. The van der Waals surface area contributed by atoms with E-state index < -0.39 is 28.0 Å². The van der Waals surface area contributed by atoms with Crippen molar-refractivity contribution in [1.82, 2.24) is 9.62 Å². The maximum atomic E-state index is 13.8. The molecule has 45 heavy (non-hydrogen) atoms. The molecule has 0 heterocycles. The van der Waals surface area contributed by atoms with Crippen molar-refractivity contribution in [3.05, 3.63) is 113 Å². The number of aryl methyl sites for hydroxylation is 1. The van der Waals surface area contributed by atoms with Gasteiger partial charge in [-0.2, -0.15) is 0 Å². The summed E-state index contributed by atoms with van der Waals surface area (Å²) < 4.78 is 48.8. The highest BCUT2D eigenvalue weighted by atomic mass is 32.2. The number of fused-ring (bicyclic) bond motifs is 1. The molecule has 0 radical (unpaired) electrons. The van der Waals surface area contributed by atoms with E-state index in [1.54, 1.807) is 30.6 Å². The van der Waals surface area contributed by atoms with Crippen molar-refractivity contribution in [1.29, 1.82) is 0 Å². The number of sulfonamides is 1. The standard InChI is InChI=1S/C33H39FN4O4S.C2H6/c1-37(2)21-19-35-20-22-38(33(39)24-32(42-3)26-9-5-4-6-10-26)28-17-15-25-11-7-14-31(30(25)23-28)36-43(40,41)29-13-8-12-27(34)16-18-29;1-2/h4-6,8-10,12,15-21,23,31-32,36H,7,11,13-14,22,24H2,1-3H3;1-2H3/b21-19-,35-20?;. The van der Waals surface area contributed by atoms with E-state index in [9.17, 15) is 17.6 Å². The smallest absolute Gasteiger partial charge is 0.237 e. The van der Waals surface area contributed by atoms with Crippen molar-refractivity contribution in [3.8, 4) is 0 Å². The zero-order chi connectivity index (χ0) is 32.8. The van der Waals surface area contributed by atoms with Gasteiger partial charge in [-0.3, -0.25) is 9.79 Å². The maximum Gasteiger partial charge on any atom is 0.237 e. The van der Waals surface area contributed by atoms with Crippen LogP contribution >= 0.6 is 0 Å². The van der Waals surface area contributed by atoms with E-state index in [1.807, 2.05) is 81.4 Å². The van der Waals surface area contributed by atoms with Gasteiger partial charge in [-0.25, -0.2) is 17.5 Å². The fourth-order valence-corrected chi connectivity index (χ4v) is 6.44. The van der Waals surface area contributed by atoms with E-state index in [1.165, 1.54) is 18.2 Å². The van der Waals surface area contributed by atoms with E-state index in [2.05, 4.69) is 9.71 Å². The van der Waals surface area contributed by atoms with Crippen LogP contribution < -0.4 is 9.62 Å². The molecular weight excluding hydrogens is 591 g/mol. The lowest BCUT2D eigenvalue weighted by atomic mass is 9.87. The number of halogens is 1. The number of carbonyl (C=O) groups is 1. The molecule has 0 saturated carbocycles. The Balaban J connectivity index is 0.00000271. The number of hydrogen-bond acceptors (Lipinski definition) is 6. The topological polar surface area (TPSA) is 91.3 Å². The van der Waals surface area contributed by atoms with Gasteiger partial charge in [0.15, 0.2) is 0 Å². The summed E-state index contributed by atoms with van der Waals surface area (Å²) in [6.45, 7) is 4.22. The van der Waals surface area contributed by atoms with Crippen molar-refractivity contribution in [3.63, 3.8) is 0 Å². The minimum absolute atomic E-state index is 0.102. The highest BCUT2D eigenvalue weighted by molar-refractivity contribution is 7.93. The number of methoxy groups -OCH3 is 1. The number of aliphatic imine (C=N–C) groups is 1. The van der Waals surface area contributed by atoms with E-state index in [0.29, 0.717) is 12.1 Å². The lowest BCUT2D eigenvalue weighted by molar-refractivity contribution is -0.120. The summed E-state index contributed by atoms with van der Waals surface area (Å²) in [5.74, 6) is -0.651. The average molecular weight is 637 g/mol. The summed E-state index contributed by atoms with van der Waals surface area (Å²) in [5.41, 5.74) is 3.39. The van der Waals surface area contributed by atoms with Crippen LogP contribution in [0, 0.1) is 0 Å². The number of amides is 1. The van der Waals surface area contributed by atoms with Crippen molar-refractivity contribution < 1.29 is 22.3 Å². The van der Waals surface area contributed by atoms with Gasteiger partial charge in [0, 0.05) is 58.0 Å². The number of rotatable bonds is 12. The number of nitrogens with one attached hydrogen (secondary N) is 1. The summed E-state index contributed by atoms with van der Waals surface area (Å²) in [7, 11) is 1.49. The molecule has 2 aliphatic carbocycles. The van der Waals surface area contributed by atoms with Crippen LogP contribution in [0.1, 0.15) is 68.4 Å². The molecule has 2 aromatic carbocycles. The third-order valence-corrected chi connectivity index (χ3v) is 8.95. The van der Waals surface area contributed by atoms with E-state index in [0.717, 1.165) is 35.6 Å². The highest BCUT2D eigenvalue weighted by Gasteiger charge is 2.29. The molecule has 242 valence electrons. The number of benzene rings is 2. The van der Waals surface area contributed by atoms with Crippen molar-refractivity contribution in [2.75, 3.05) is 32.6 Å². The summed E-state index contributed by atoms with van der Waals surface area (Å²) in [4.78, 5) is 21.7. The Morgan fingerprint density at radius 3 is 2.62 bits per heavy atom. The van der Waals surface area contributed by atoms with Crippen LogP contribution in [-0.2, 0) is 26.0 Å². The lowest BCUT2D eigenvalue weighted by Crippen LogP contribution is -2.35. The van der Waals surface area contributed by atoms with Crippen LogP contribution in [0.2, 0.25) is 0 Å². The van der Waals surface area contributed by atoms with E-state index in [-0.39, 0.29) is 30.2 Å². The molecule has 1 N–H and O–H groups in total. The molecule has 8 nitrogen and oxygen atoms in total. The molecule has 4 rings (SSSR count). The Hall–Kier alpha value is -3.86. The average Bonchev–Trinajstić information content (AvgIpc) is 3.27. The van der Waals surface area contributed by atoms with Crippen molar-refractivity contribution in [2.24, 2.45) is 4.99 Å². The summed E-state index contributed by atoms with van der Waals surface area (Å²) >= 11 is 0. The first-order chi connectivity index (χ1) is 21.7.